The normalized spacial score (nSPS) is 11.5. The summed E-state index contributed by atoms with van der Waals surface area (Å²) >= 11 is 15.0. The Morgan fingerprint density at radius 2 is 1.44 bits per heavy atom. The Balaban J connectivity index is 2.14. The molecular formula is C24H32Cl2N3O4S+. The summed E-state index contributed by atoms with van der Waals surface area (Å²) in [6.45, 7) is 5.36. The Morgan fingerprint density at radius 3 is 2.03 bits per heavy atom. The Kier molecular flexibility index (Phi) is 10.8. The van der Waals surface area contributed by atoms with Crippen molar-refractivity contribution in [1.29, 1.82) is 0 Å². The molecule has 7 nitrogen and oxygen atoms in total. The molecule has 186 valence electrons. The number of hydrogen-bond acceptors (Lipinski definition) is 7. The molecule has 1 aromatic carbocycles. The number of aromatic nitrogens is 1. The van der Waals surface area contributed by atoms with Crippen molar-refractivity contribution < 1.29 is 18.9 Å². The molecule has 0 saturated heterocycles. The summed E-state index contributed by atoms with van der Waals surface area (Å²) in [5.41, 5.74) is 2.49. The van der Waals surface area contributed by atoms with Crippen LogP contribution in [-0.2, 0) is 18.9 Å². The molecule has 1 heterocycles. The van der Waals surface area contributed by atoms with E-state index in [1.807, 2.05) is 12.1 Å². The summed E-state index contributed by atoms with van der Waals surface area (Å²) in [6, 6.07) is 8.14. The van der Waals surface area contributed by atoms with Crippen molar-refractivity contribution in [3.63, 3.8) is 0 Å². The largest absolute Gasteiger partial charge is 0.383 e. The van der Waals surface area contributed by atoms with Gasteiger partial charge in [0.25, 0.3) is 0 Å². The zero-order valence-corrected chi connectivity index (χ0v) is 22.4. The number of nitrogens with zero attached hydrogens (tertiary/aromatic N) is 3. The van der Waals surface area contributed by atoms with Crippen molar-refractivity contribution in [1.82, 2.24) is 9.56 Å². The standard InChI is InChI=1S/C24H32Cl2N3O4S/c1-30-9-5-28(6-10-31-2)17-13-19(25)23-21(15-17)34-22-16-18(14-20(26)24(22)27-23)29(7-11-32-3)8-12-33-4/h13-16H,5-12H2,1-4H3/q+1. The van der Waals surface area contributed by atoms with Gasteiger partial charge in [0.15, 0.2) is 13.1 Å². The molecule has 0 aromatic heterocycles. The molecule has 34 heavy (non-hydrogen) atoms. The van der Waals surface area contributed by atoms with Crippen LogP contribution in [0, 0.1) is 0 Å². The van der Waals surface area contributed by atoms with Gasteiger partial charge in [0.2, 0.25) is 5.36 Å². The van der Waals surface area contributed by atoms with E-state index in [9.17, 15) is 0 Å². The molecule has 3 rings (SSSR count). The van der Waals surface area contributed by atoms with E-state index in [2.05, 4.69) is 21.6 Å². The molecule has 0 saturated carbocycles. The van der Waals surface area contributed by atoms with E-state index in [4.69, 9.17) is 47.1 Å². The highest BCUT2D eigenvalue weighted by molar-refractivity contribution is 7.21. The molecule has 1 aliphatic carbocycles. The van der Waals surface area contributed by atoms with E-state index in [1.54, 1.807) is 39.8 Å². The van der Waals surface area contributed by atoms with Gasteiger partial charge in [0.05, 0.1) is 38.4 Å². The SMILES string of the molecule is COCCN(CCOC)c1cc(Cl)c2nc3c(Cl)cc(=[N+](CCOC)CCOC)cc-3sc2c1. The molecule has 0 amide bonds. The Hall–Kier alpha value is -1.52. The minimum atomic E-state index is 0.590. The lowest BCUT2D eigenvalue weighted by Gasteiger charge is -2.25. The van der Waals surface area contributed by atoms with E-state index in [0.29, 0.717) is 36.5 Å². The molecule has 0 fully saturated rings. The van der Waals surface area contributed by atoms with Crippen LogP contribution in [0.5, 0.6) is 0 Å². The fourth-order valence-corrected chi connectivity index (χ4v) is 5.36. The fourth-order valence-electron chi connectivity index (χ4n) is 3.63. The van der Waals surface area contributed by atoms with Crippen molar-refractivity contribution in [2.24, 2.45) is 0 Å². The predicted molar refractivity (Wildman–Crippen MR) is 141 cm³/mol. The van der Waals surface area contributed by atoms with E-state index in [1.165, 1.54) is 0 Å². The number of benzene rings is 2. The quantitative estimate of drug-likeness (QED) is 0.248. The van der Waals surface area contributed by atoms with Crippen LogP contribution in [-0.4, -0.2) is 86.0 Å². The van der Waals surface area contributed by atoms with E-state index in [0.717, 1.165) is 58.0 Å². The summed E-state index contributed by atoms with van der Waals surface area (Å²) in [7, 11) is 6.79. The lowest BCUT2D eigenvalue weighted by molar-refractivity contribution is 0.170. The van der Waals surface area contributed by atoms with Gasteiger partial charge in [0.1, 0.15) is 18.9 Å². The van der Waals surface area contributed by atoms with Crippen molar-refractivity contribution >= 4 is 50.4 Å². The van der Waals surface area contributed by atoms with Crippen molar-refractivity contribution in [3.8, 4) is 10.6 Å². The average Bonchev–Trinajstić information content (AvgIpc) is 2.83. The maximum Gasteiger partial charge on any atom is 0.203 e. The molecule has 0 radical (unpaired) electrons. The molecule has 2 aliphatic rings. The maximum absolute atomic E-state index is 6.70. The lowest BCUT2D eigenvalue weighted by atomic mass is 10.2. The number of hydrogen-bond donors (Lipinski definition) is 0. The number of anilines is 1. The minimum Gasteiger partial charge on any atom is -0.383 e. The van der Waals surface area contributed by atoms with Gasteiger partial charge in [-0.15, -0.1) is 11.3 Å². The van der Waals surface area contributed by atoms with Gasteiger partial charge in [-0.25, -0.2) is 9.56 Å². The van der Waals surface area contributed by atoms with Crippen LogP contribution in [0.25, 0.3) is 20.8 Å². The highest BCUT2D eigenvalue weighted by Crippen LogP contribution is 2.38. The Morgan fingerprint density at radius 1 is 0.824 bits per heavy atom. The summed E-state index contributed by atoms with van der Waals surface area (Å²) in [6.07, 6.45) is 0. The fraction of sp³-hybridized carbons (Fsp3) is 0.500. The van der Waals surface area contributed by atoms with Crippen LogP contribution in [0.15, 0.2) is 24.3 Å². The highest BCUT2D eigenvalue weighted by atomic mass is 35.5. The molecule has 0 spiro atoms. The van der Waals surface area contributed by atoms with Crippen molar-refractivity contribution in [3.05, 3.63) is 39.7 Å². The van der Waals surface area contributed by atoms with Gasteiger partial charge in [-0.3, -0.25) is 0 Å². The molecule has 1 aromatic rings. The van der Waals surface area contributed by atoms with Gasteiger partial charge < -0.3 is 23.8 Å². The summed E-state index contributed by atoms with van der Waals surface area (Å²) < 4.78 is 24.4. The summed E-state index contributed by atoms with van der Waals surface area (Å²) in [5, 5.41) is 2.19. The topological polar surface area (TPSA) is 56.1 Å². The average molecular weight is 530 g/mol. The predicted octanol–water partition coefficient (Wildman–Crippen LogP) is 3.87. The van der Waals surface area contributed by atoms with Gasteiger partial charge in [-0.05, 0) is 12.1 Å². The second-order valence-corrected chi connectivity index (χ2v) is 9.61. The van der Waals surface area contributed by atoms with Crippen LogP contribution in [0.4, 0.5) is 5.69 Å². The molecule has 0 N–H and O–H groups in total. The van der Waals surface area contributed by atoms with Crippen LogP contribution in [0.3, 0.4) is 0 Å². The molecule has 0 unspecified atom stereocenters. The molecule has 0 atom stereocenters. The molecule has 10 heteroatoms. The third-order valence-electron chi connectivity index (χ3n) is 5.46. The monoisotopic (exact) mass is 528 g/mol. The van der Waals surface area contributed by atoms with Gasteiger partial charge >= 0.3 is 0 Å². The Labute approximate surface area is 214 Å². The summed E-state index contributed by atoms with van der Waals surface area (Å²) in [5.74, 6) is 0. The zero-order chi connectivity index (χ0) is 24.5. The lowest BCUT2D eigenvalue weighted by Crippen LogP contribution is -2.35. The summed E-state index contributed by atoms with van der Waals surface area (Å²) in [4.78, 5) is 8.03. The Bertz CT molecular complexity index is 1110. The van der Waals surface area contributed by atoms with Crippen LogP contribution in [0.1, 0.15) is 0 Å². The zero-order valence-electron chi connectivity index (χ0n) is 20.1. The first-order valence-corrected chi connectivity index (χ1v) is 12.6. The first-order valence-electron chi connectivity index (χ1n) is 11.0. The van der Waals surface area contributed by atoms with Crippen molar-refractivity contribution in [2.75, 3.05) is 85.9 Å². The molecular weight excluding hydrogens is 497 g/mol. The first kappa shape index (κ1) is 27.1. The smallest absolute Gasteiger partial charge is 0.203 e. The van der Waals surface area contributed by atoms with Gasteiger partial charge in [0, 0.05) is 59.3 Å². The second kappa shape index (κ2) is 13.5. The third-order valence-corrected chi connectivity index (χ3v) is 7.10. The second-order valence-electron chi connectivity index (χ2n) is 7.71. The first-order chi connectivity index (χ1) is 16.5. The number of ether oxygens (including phenoxy) is 4. The minimum absolute atomic E-state index is 0.590. The molecule has 1 aliphatic heterocycles. The van der Waals surface area contributed by atoms with E-state index >= 15 is 0 Å². The third kappa shape index (κ3) is 6.79. The van der Waals surface area contributed by atoms with Crippen LogP contribution < -0.4 is 14.8 Å². The van der Waals surface area contributed by atoms with Gasteiger partial charge in [-0.1, -0.05) is 23.2 Å². The van der Waals surface area contributed by atoms with Crippen LogP contribution in [0.2, 0.25) is 10.0 Å². The van der Waals surface area contributed by atoms with E-state index in [-0.39, 0.29) is 0 Å². The number of rotatable bonds is 13. The number of methoxy groups -OCH3 is 4. The molecule has 0 bridgehead atoms. The van der Waals surface area contributed by atoms with Crippen LogP contribution >= 0.6 is 34.5 Å². The highest BCUT2D eigenvalue weighted by Gasteiger charge is 2.18. The number of halogens is 2. The van der Waals surface area contributed by atoms with Crippen molar-refractivity contribution in [2.45, 2.75) is 0 Å². The van der Waals surface area contributed by atoms with E-state index < -0.39 is 0 Å². The number of fused-ring (bicyclic) bond motifs is 2. The maximum atomic E-state index is 6.70. The van der Waals surface area contributed by atoms with Gasteiger partial charge in [-0.2, -0.15) is 0 Å².